The van der Waals surface area contributed by atoms with Crippen LogP contribution in [0.4, 0.5) is 26.3 Å². The number of carbonyl (C=O) groups is 3. The first kappa shape index (κ1) is 57.9. The molecule has 0 N–H and O–H groups in total. The maximum absolute atomic E-state index is 15.0. The van der Waals surface area contributed by atoms with E-state index in [-0.39, 0.29) is 24.9 Å². The average molecular weight is 1010 g/mol. The van der Waals surface area contributed by atoms with Gasteiger partial charge in [0.1, 0.15) is 18.3 Å². The maximum Gasteiger partial charge on any atom is 0.432 e. The summed E-state index contributed by atoms with van der Waals surface area (Å²) in [6.07, 6.45) is 3.98. The van der Waals surface area contributed by atoms with Gasteiger partial charge in [-0.3, -0.25) is 0 Å². The largest absolute Gasteiger partial charge is 0.457 e. The fourth-order valence-corrected chi connectivity index (χ4v) is 10.3. The summed E-state index contributed by atoms with van der Waals surface area (Å²) in [6.45, 7) is 3.98. The Labute approximate surface area is 416 Å². The van der Waals surface area contributed by atoms with Gasteiger partial charge in [-0.15, -0.1) is 0 Å². The van der Waals surface area contributed by atoms with Crippen LogP contribution < -0.4 is 0 Å². The number of hydrogen-bond acceptors (Lipinski definition) is 10. The number of alkyl halides is 6. The van der Waals surface area contributed by atoms with Crippen molar-refractivity contribution in [3.8, 4) is 0 Å². The van der Waals surface area contributed by atoms with Gasteiger partial charge in [0, 0.05) is 30.9 Å². The minimum absolute atomic E-state index is 0.182. The average Bonchev–Trinajstić information content (AvgIpc) is 4.11. The molecule has 3 aliphatic heterocycles. The van der Waals surface area contributed by atoms with Crippen LogP contribution in [0.5, 0.6) is 0 Å². The smallest absolute Gasteiger partial charge is 0.432 e. The topological polar surface area (TPSA) is 116 Å². The third-order valence-electron chi connectivity index (χ3n) is 14.3. The molecule has 0 saturated carbocycles. The summed E-state index contributed by atoms with van der Waals surface area (Å²) in [6, 6.07) is 13.3. The number of carbonyl (C=O) groups excluding carboxylic acids is 3. The molecule has 2 fully saturated rings. The van der Waals surface area contributed by atoms with Crippen molar-refractivity contribution in [2.45, 2.75) is 228 Å². The number of benzene rings is 2. The lowest BCUT2D eigenvalue weighted by molar-refractivity contribution is -0.281. The van der Waals surface area contributed by atoms with Crippen molar-refractivity contribution in [2.75, 3.05) is 14.2 Å². The minimum Gasteiger partial charge on any atom is -0.457 e. The Balaban J connectivity index is 1.25. The molecule has 0 bridgehead atoms. The molecule has 5 rings (SSSR count). The molecule has 0 amide bonds. The molecule has 16 heteroatoms. The van der Waals surface area contributed by atoms with E-state index in [0.29, 0.717) is 44.9 Å². The molecule has 9 atom stereocenters. The van der Waals surface area contributed by atoms with Crippen LogP contribution in [0.15, 0.2) is 72.3 Å². The van der Waals surface area contributed by atoms with Gasteiger partial charge in [-0.1, -0.05) is 151 Å². The Bertz CT molecular complexity index is 1950. The maximum atomic E-state index is 15.0. The van der Waals surface area contributed by atoms with Crippen LogP contribution in [-0.2, 0) is 58.7 Å². The molecule has 0 unspecified atom stereocenters. The third kappa shape index (κ3) is 15.3. The summed E-state index contributed by atoms with van der Waals surface area (Å²) in [7, 11) is 1.66. The second-order valence-electron chi connectivity index (χ2n) is 19.4. The fraction of sp³-hybridized carbons (Fsp3) is 0.691. The number of unbranched alkanes of at least 4 members (excludes halogenated alkanes) is 14. The van der Waals surface area contributed by atoms with E-state index in [1.807, 2.05) is 13.0 Å². The zero-order valence-corrected chi connectivity index (χ0v) is 42.0. The zero-order valence-electron chi connectivity index (χ0n) is 42.0. The number of cyclic esters (lactones) is 1. The molecule has 0 aliphatic carbocycles. The molecule has 2 aromatic carbocycles. The van der Waals surface area contributed by atoms with E-state index in [1.54, 1.807) is 0 Å². The van der Waals surface area contributed by atoms with Crippen LogP contribution >= 0.6 is 0 Å². The second-order valence-corrected chi connectivity index (χ2v) is 19.4. The molecule has 2 saturated heterocycles. The van der Waals surface area contributed by atoms with Crippen molar-refractivity contribution >= 4 is 17.9 Å². The minimum atomic E-state index is -5.18. The number of rotatable bonds is 31. The molecule has 398 valence electrons. The number of methoxy groups -OCH3 is 2. The summed E-state index contributed by atoms with van der Waals surface area (Å²) in [5.41, 5.74) is -6.88. The van der Waals surface area contributed by atoms with E-state index in [1.165, 1.54) is 60.7 Å². The lowest BCUT2D eigenvalue weighted by atomic mass is 9.92. The SMILES string of the molecule is CCCCCCCCCC[C@@H](OC(=O)[C@](OC)(c1ccccc1)C(F)(F)F)[C@H]1CC[C@H]([C@H]2CC[C@H]([C@@H](CCCCCCCCCCC3=C[C@H](C)OC3=O)OC(=O)[C@](OC)(c3ccccc3)C(F)(F)F)O2)O1. The Morgan fingerprint density at radius 1 is 0.577 bits per heavy atom. The standard InChI is InChI=1S/C55H76F6O10/c1-5-6-7-8-9-13-16-25-32-43(70-50(63)52(65-3,54(56,57)58)41-28-21-18-22-29-41)45-34-36-47(68-45)48-37-35-46(69-48)44(71-51(64)53(66-4,55(59,60)61)42-30-23-19-24-31-42)33-26-17-14-11-10-12-15-20-27-40-38-39(2)67-49(40)62/h18-19,21-24,28-31,38-39,43-48H,5-17,20,25-27,32-37H2,1-4H3/t39-,43+,44+,45+,46+,47+,48+,52+,53+/m0/s1. The fourth-order valence-electron chi connectivity index (χ4n) is 10.3. The van der Waals surface area contributed by atoms with Gasteiger partial charge < -0.3 is 33.2 Å². The van der Waals surface area contributed by atoms with Crippen molar-refractivity contribution < 1.29 is 73.9 Å². The van der Waals surface area contributed by atoms with E-state index >= 15 is 13.2 Å². The predicted molar refractivity (Wildman–Crippen MR) is 255 cm³/mol. The van der Waals surface area contributed by atoms with Gasteiger partial charge in [0.2, 0.25) is 0 Å². The number of esters is 3. The van der Waals surface area contributed by atoms with Gasteiger partial charge in [0.25, 0.3) is 11.2 Å². The first-order valence-corrected chi connectivity index (χ1v) is 26.0. The molecule has 0 aromatic heterocycles. The lowest BCUT2D eigenvalue weighted by Crippen LogP contribution is -2.53. The molecule has 71 heavy (non-hydrogen) atoms. The molecule has 2 aromatic rings. The lowest BCUT2D eigenvalue weighted by Gasteiger charge is -2.35. The van der Waals surface area contributed by atoms with Crippen LogP contribution in [0.2, 0.25) is 0 Å². The van der Waals surface area contributed by atoms with Crippen LogP contribution in [0.3, 0.4) is 0 Å². The van der Waals surface area contributed by atoms with Gasteiger partial charge in [0.05, 0.1) is 24.4 Å². The summed E-state index contributed by atoms with van der Waals surface area (Å²) < 4.78 is 130. The van der Waals surface area contributed by atoms with Crippen molar-refractivity contribution in [1.82, 2.24) is 0 Å². The second kappa shape index (κ2) is 27.9. The van der Waals surface area contributed by atoms with E-state index < -0.39 is 83.2 Å². The molecule has 3 heterocycles. The summed E-state index contributed by atoms with van der Waals surface area (Å²) in [4.78, 5) is 39.8. The first-order valence-electron chi connectivity index (χ1n) is 26.0. The van der Waals surface area contributed by atoms with Crippen LogP contribution in [0.1, 0.15) is 173 Å². The molecule has 10 nitrogen and oxygen atoms in total. The Kier molecular flexibility index (Phi) is 22.7. The van der Waals surface area contributed by atoms with E-state index in [0.717, 1.165) is 110 Å². The quantitative estimate of drug-likeness (QED) is 0.0313. The Morgan fingerprint density at radius 3 is 1.31 bits per heavy atom. The summed E-state index contributed by atoms with van der Waals surface area (Å²) in [5, 5.41) is 0. The van der Waals surface area contributed by atoms with Gasteiger partial charge in [-0.2, -0.15) is 26.3 Å². The van der Waals surface area contributed by atoms with Crippen LogP contribution in [0, 0.1) is 0 Å². The predicted octanol–water partition coefficient (Wildman–Crippen LogP) is 13.4. The van der Waals surface area contributed by atoms with Gasteiger partial charge >= 0.3 is 30.3 Å². The highest BCUT2D eigenvalue weighted by atomic mass is 19.4. The van der Waals surface area contributed by atoms with Crippen molar-refractivity contribution in [3.63, 3.8) is 0 Å². The van der Waals surface area contributed by atoms with E-state index in [9.17, 15) is 27.6 Å². The summed E-state index contributed by atoms with van der Waals surface area (Å²) >= 11 is 0. The molecular weight excluding hydrogens is 935 g/mol. The summed E-state index contributed by atoms with van der Waals surface area (Å²) in [5.74, 6) is -3.43. The van der Waals surface area contributed by atoms with Crippen molar-refractivity contribution in [2.24, 2.45) is 0 Å². The third-order valence-corrected chi connectivity index (χ3v) is 14.3. The number of ether oxygens (including phenoxy) is 7. The normalized spacial score (nSPS) is 23.1. The first-order chi connectivity index (χ1) is 34.0. The monoisotopic (exact) mass is 1010 g/mol. The number of halogens is 6. The van der Waals surface area contributed by atoms with Crippen LogP contribution in [-0.4, -0.2) is 87.2 Å². The van der Waals surface area contributed by atoms with Gasteiger partial charge in [-0.05, 0) is 77.2 Å². The van der Waals surface area contributed by atoms with Gasteiger partial charge in [0.15, 0.2) is 0 Å². The van der Waals surface area contributed by atoms with Crippen molar-refractivity contribution in [1.29, 1.82) is 0 Å². The molecule has 0 radical (unpaired) electrons. The highest BCUT2D eigenvalue weighted by molar-refractivity contribution is 5.90. The molecule has 3 aliphatic rings. The van der Waals surface area contributed by atoms with Crippen molar-refractivity contribution in [3.05, 3.63) is 83.4 Å². The van der Waals surface area contributed by atoms with Gasteiger partial charge in [-0.25, -0.2) is 14.4 Å². The highest BCUT2D eigenvalue weighted by Crippen LogP contribution is 2.46. The van der Waals surface area contributed by atoms with E-state index in [2.05, 4.69) is 6.92 Å². The number of hydrogen-bond donors (Lipinski definition) is 0. The Hall–Kier alpha value is -3.99. The van der Waals surface area contributed by atoms with Crippen LogP contribution in [0.25, 0.3) is 0 Å². The molecule has 0 spiro atoms. The molecular formula is C55H76F6O10. The van der Waals surface area contributed by atoms with E-state index in [4.69, 9.17) is 33.2 Å². The zero-order chi connectivity index (χ0) is 51.5. The highest BCUT2D eigenvalue weighted by Gasteiger charge is 2.66. The Morgan fingerprint density at radius 2 is 0.958 bits per heavy atom.